The fourth-order valence-electron chi connectivity index (χ4n) is 3.95. The maximum Gasteiger partial charge on any atom is 0.251 e. The molecule has 0 aromatic rings. The first-order chi connectivity index (χ1) is 11.5. The number of piperidine rings is 1. The summed E-state index contributed by atoms with van der Waals surface area (Å²) in [6, 6.07) is 0.358. The Balaban J connectivity index is 1.52. The Labute approximate surface area is 145 Å². The van der Waals surface area contributed by atoms with Gasteiger partial charge in [0.15, 0.2) is 0 Å². The molecule has 0 aromatic heterocycles. The highest BCUT2D eigenvalue weighted by Crippen LogP contribution is 2.34. The van der Waals surface area contributed by atoms with E-state index in [4.69, 9.17) is 4.74 Å². The first-order valence-corrected chi connectivity index (χ1v) is 9.38. The third-order valence-electron chi connectivity index (χ3n) is 5.86. The first-order valence-electron chi connectivity index (χ1n) is 9.38. The van der Waals surface area contributed by atoms with Crippen LogP contribution in [0.2, 0.25) is 0 Å². The van der Waals surface area contributed by atoms with Crippen LogP contribution in [0.1, 0.15) is 39.5 Å². The minimum Gasteiger partial charge on any atom is -0.363 e. The van der Waals surface area contributed by atoms with Gasteiger partial charge in [0.05, 0.1) is 12.6 Å². The monoisotopic (exact) mass is 337 g/mol. The molecule has 3 atom stereocenters. The number of carbonyl (C=O) groups excluding carboxylic acids is 2. The lowest BCUT2D eigenvalue weighted by molar-refractivity contribution is -0.144. The van der Waals surface area contributed by atoms with E-state index >= 15 is 0 Å². The van der Waals surface area contributed by atoms with Gasteiger partial charge in [0.2, 0.25) is 5.91 Å². The number of hydrogen-bond acceptors (Lipinski definition) is 4. The van der Waals surface area contributed by atoms with Crippen LogP contribution in [0.5, 0.6) is 0 Å². The van der Waals surface area contributed by atoms with Gasteiger partial charge in [-0.25, -0.2) is 0 Å². The molecule has 0 radical (unpaired) electrons. The van der Waals surface area contributed by atoms with Crippen LogP contribution in [0.4, 0.5) is 0 Å². The number of hydrogen-bond donors (Lipinski definition) is 0. The minimum atomic E-state index is -0.286. The number of nitrogens with zero attached hydrogens (tertiary/aromatic N) is 3. The first kappa shape index (κ1) is 17.7. The van der Waals surface area contributed by atoms with Crippen LogP contribution >= 0.6 is 0 Å². The Bertz CT molecular complexity index is 476. The third-order valence-corrected chi connectivity index (χ3v) is 5.86. The molecule has 3 saturated heterocycles. The van der Waals surface area contributed by atoms with E-state index < -0.39 is 0 Å². The van der Waals surface area contributed by atoms with Crippen molar-refractivity contribution >= 4 is 11.8 Å². The summed E-state index contributed by atoms with van der Waals surface area (Å²) < 4.78 is 6.07. The summed E-state index contributed by atoms with van der Waals surface area (Å²) in [5, 5.41) is 0. The lowest BCUT2D eigenvalue weighted by Gasteiger charge is -2.35. The molecule has 0 bridgehead atoms. The summed E-state index contributed by atoms with van der Waals surface area (Å²) in [4.78, 5) is 30.9. The van der Waals surface area contributed by atoms with Gasteiger partial charge in [0.1, 0.15) is 6.10 Å². The highest BCUT2D eigenvalue weighted by Gasteiger charge is 2.44. The Hall–Kier alpha value is -1.14. The molecule has 0 saturated carbocycles. The molecular formula is C18H31N3O3. The SMILES string of the molecule is CC(C)N(C)CC(=O)N1CC[C@H]2C[C@H](C(=O)N3CCCC3)O[C@@H]2C1. The molecule has 24 heavy (non-hydrogen) atoms. The molecule has 0 N–H and O–H groups in total. The summed E-state index contributed by atoms with van der Waals surface area (Å²) in [6.07, 6.45) is 3.74. The number of likely N-dealkylation sites (tertiary alicyclic amines) is 2. The average molecular weight is 337 g/mol. The van der Waals surface area contributed by atoms with Gasteiger partial charge >= 0.3 is 0 Å². The van der Waals surface area contributed by atoms with Gasteiger partial charge in [0.25, 0.3) is 5.91 Å². The third kappa shape index (κ3) is 3.75. The molecule has 6 nitrogen and oxygen atoms in total. The average Bonchev–Trinajstić information content (AvgIpc) is 3.22. The zero-order valence-corrected chi connectivity index (χ0v) is 15.2. The van der Waals surface area contributed by atoms with Crippen LogP contribution in [-0.4, -0.2) is 84.5 Å². The number of carbonyl (C=O) groups is 2. The van der Waals surface area contributed by atoms with Gasteiger partial charge in [-0.1, -0.05) is 0 Å². The van der Waals surface area contributed by atoms with Crippen molar-refractivity contribution in [3.05, 3.63) is 0 Å². The predicted molar refractivity (Wildman–Crippen MR) is 91.5 cm³/mol. The van der Waals surface area contributed by atoms with E-state index in [0.29, 0.717) is 25.0 Å². The topological polar surface area (TPSA) is 53.1 Å². The highest BCUT2D eigenvalue weighted by molar-refractivity contribution is 5.81. The van der Waals surface area contributed by atoms with E-state index in [1.165, 1.54) is 0 Å². The maximum absolute atomic E-state index is 12.5. The van der Waals surface area contributed by atoms with Gasteiger partial charge in [-0.15, -0.1) is 0 Å². The van der Waals surface area contributed by atoms with E-state index in [1.807, 2.05) is 16.8 Å². The van der Waals surface area contributed by atoms with E-state index in [0.717, 1.165) is 45.3 Å². The van der Waals surface area contributed by atoms with E-state index in [-0.39, 0.29) is 24.0 Å². The van der Waals surface area contributed by atoms with Crippen LogP contribution in [0, 0.1) is 5.92 Å². The number of fused-ring (bicyclic) bond motifs is 1. The molecule has 3 aliphatic rings. The number of likely N-dealkylation sites (N-methyl/N-ethyl adjacent to an activating group) is 1. The lowest BCUT2D eigenvalue weighted by Crippen LogP contribution is -2.49. The Morgan fingerprint density at radius 1 is 1.17 bits per heavy atom. The summed E-state index contributed by atoms with van der Waals surface area (Å²) in [5.74, 6) is 0.760. The largest absolute Gasteiger partial charge is 0.363 e. The van der Waals surface area contributed by atoms with Crippen molar-refractivity contribution in [1.29, 1.82) is 0 Å². The van der Waals surface area contributed by atoms with Crippen LogP contribution in [0.15, 0.2) is 0 Å². The van der Waals surface area contributed by atoms with Crippen LogP contribution in [-0.2, 0) is 14.3 Å². The van der Waals surface area contributed by atoms with Crippen molar-refractivity contribution < 1.29 is 14.3 Å². The van der Waals surface area contributed by atoms with Crippen molar-refractivity contribution in [2.45, 2.75) is 57.8 Å². The smallest absolute Gasteiger partial charge is 0.251 e. The molecule has 6 heteroatoms. The molecule has 0 unspecified atom stereocenters. The second-order valence-corrected chi connectivity index (χ2v) is 7.83. The van der Waals surface area contributed by atoms with Gasteiger partial charge in [0, 0.05) is 32.2 Å². The fraction of sp³-hybridized carbons (Fsp3) is 0.889. The molecule has 2 amide bonds. The summed E-state index contributed by atoms with van der Waals surface area (Å²) in [6.45, 7) is 7.81. The zero-order chi connectivity index (χ0) is 17.3. The lowest BCUT2D eigenvalue weighted by atomic mass is 9.91. The minimum absolute atomic E-state index is 0.0311. The second-order valence-electron chi connectivity index (χ2n) is 7.83. The second kappa shape index (κ2) is 7.40. The van der Waals surface area contributed by atoms with Crippen molar-refractivity contribution in [3.63, 3.8) is 0 Å². The molecular weight excluding hydrogens is 306 g/mol. The number of amides is 2. The number of ether oxygens (including phenoxy) is 1. The molecule has 0 spiro atoms. The van der Waals surface area contributed by atoms with Crippen LogP contribution < -0.4 is 0 Å². The molecule has 136 valence electrons. The molecule has 3 rings (SSSR count). The number of rotatable bonds is 4. The molecule has 3 heterocycles. The summed E-state index contributed by atoms with van der Waals surface area (Å²) >= 11 is 0. The summed E-state index contributed by atoms with van der Waals surface area (Å²) in [7, 11) is 1.98. The van der Waals surface area contributed by atoms with E-state index in [2.05, 4.69) is 18.7 Å². The molecule has 3 aliphatic heterocycles. The maximum atomic E-state index is 12.5. The molecule has 0 aliphatic carbocycles. The van der Waals surface area contributed by atoms with E-state index in [1.54, 1.807) is 0 Å². The van der Waals surface area contributed by atoms with Crippen molar-refractivity contribution in [2.75, 3.05) is 39.8 Å². The van der Waals surface area contributed by atoms with Crippen LogP contribution in [0.3, 0.4) is 0 Å². The summed E-state index contributed by atoms with van der Waals surface area (Å²) in [5.41, 5.74) is 0. The van der Waals surface area contributed by atoms with Crippen molar-refractivity contribution in [1.82, 2.24) is 14.7 Å². The molecule has 0 aromatic carbocycles. The van der Waals surface area contributed by atoms with Gasteiger partial charge in [-0.2, -0.15) is 0 Å². The quantitative estimate of drug-likeness (QED) is 0.767. The zero-order valence-electron chi connectivity index (χ0n) is 15.2. The predicted octanol–water partition coefficient (Wildman–Crippen LogP) is 0.955. The Morgan fingerprint density at radius 2 is 1.88 bits per heavy atom. The standard InChI is InChI=1S/C18H31N3O3/c1-13(2)19(3)12-17(22)21-9-6-14-10-15(24-16(14)11-21)18(23)20-7-4-5-8-20/h13-16H,4-12H2,1-3H3/t14-,15+,16+/m0/s1. The van der Waals surface area contributed by atoms with Crippen LogP contribution in [0.25, 0.3) is 0 Å². The Morgan fingerprint density at radius 3 is 2.54 bits per heavy atom. The van der Waals surface area contributed by atoms with Gasteiger partial charge in [-0.3, -0.25) is 14.5 Å². The normalized spacial score (nSPS) is 30.3. The van der Waals surface area contributed by atoms with Crippen molar-refractivity contribution in [3.8, 4) is 0 Å². The Kier molecular flexibility index (Phi) is 5.45. The van der Waals surface area contributed by atoms with Gasteiger partial charge < -0.3 is 14.5 Å². The van der Waals surface area contributed by atoms with Gasteiger partial charge in [-0.05, 0) is 52.5 Å². The molecule has 3 fully saturated rings. The van der Waals surface area contributed by atoms with Crippen molar-refractivity contribution in [2.24, 2.45) is 5.92 Å². The highest BCUT2D eigenvalue weighted by atomic mass is 16.5. The van der Waals surface area contributed by atoms with E-state index in [9.17, 15) is 9.59 Å². The fourth-order valence-corrected chi connectivity index (χ4v) is 3.95.